The van der Waals surface area contributed by atoms with Crippen LogP contribution < -0.4 is 10.7 Å². The second-order valence-corrected chi connectivity index (χ2v) is 20.4. The average molecular weight is 837 g/mol. The summed E-state index contributed by atoms with van der Waals surface area (Å²) in [6, 6.07) is 40.4. The van der Waals surface area contributed by atoms with Gasteiger partial charge in [-0.15, -0.1) is 0 Å². The number of nitrogens with zero attached hydrogens (tertiary/aromatic N) is 2. The number of rotatable bonds is 5. The van der Waals surface area contributed by atoms with Crippen molar-refractivity contribution in [2.24, 2.45) is 9.98 Å². The Hall–Kier alpha value is -7.18. The second-order valence-electron chi connectivity index (χ2n) is 20.4. The molecule has 0 unspecified atom stereocenters. The fraction of sp³-hybridized carbons (Fsp3) is 0.207. The lowest BCUT2D eigenvalue weighted by Gasteiger charge is -2.21. The first kappa shape index (κ1) is 40.9. The van der Waals surface area contributed by atoms with Gasteiger partial charge in [0.2, 0.25) is 0 Å². The van der Waals surface area contributed by atoms with Gasteiger partial charge in [0, 0.05) is 38.2 Å². The Labute approximate surface area is 373 Å². The molecule has 5 aromatic carbocycles. The number of allylic oxidation sites excluding steroid dienone is 3. The quantitative estimate of drug-likeness (QED) is 0.169. The Balaban J connectivity index is 1.41. The zero-order valence-electron chi connectivity index (χ0n) is 38.0. The Kier molecular flexibility index (Phi) is 9.39. The van der Waals surface area contributed by atoms with Crippen LogP contribution in [0.2, 0.25) is 0 Å². The number of hydrogen-bond acceptors (Lipinski definition) is 4. The van der Waals surface area contributed by atoms with Gasteiger partial charge in [-0.2, -0.15) is 0 Å². The molecular weight excluding hydrogens is 785 g/mol. The maximum absolute atomic E-state index is 13.8. The lowest BCUT2D eigenvalue weighted by atomic mass is 9.82. The minimum Gasteiger partial charge on any atom is -0.354 e. The molecule has 6 nitrogen and oxygen atoms in total. The number of aromatic amines is 2. The van der Waals surface area contributed by atoms with E-state index in [1.165, 1.54) is 16.7 Å². The molecule has 0 aliphatic carbocycles. The molecule has 316 valence electrons. The van der Waals surface area contributed by atoms with E-state index < -0.39 is 0 Å². The molecule has 0 amide bonds. The molecule has 6 heteroatoms. The minimum absolute atomic E-state index is 0.0230. The molecule has 0 saturated heterocycles. The number of carbonyl (C=O) groups excluding carboxylic acids is 2. The first-order valence-corrected chi connectivity index (χ1v) is 22.1. The van der Waals surface area contributed by atoms with Gasteiger partial charge in [-0.25, -0.2) is 9.98 Å². The highest BCUT2D eigenvalue weighted by Gasteiger charge is 2.30. The number of hydrogen-bond donors (Lipinski definition) is 2. The topological polar surface area (TPSA) is 90.4 Å². The first-order chi connectivity index (χ1) is 30.5. The molecule has 5 heterocycles. The third-order valence-corrected chi connectivity index (χ3v) is 13.0. The van der Waals surface area contributed by atoms with Crippen molar-refractivity contribution in [1.82, 2.24) is 9.97 Å². The highest BCUT2D eigenvalue weighted by Crippen LogP contribution is 2.42. The van der Waals surface area contributed by atoms with Gasteiger partial charge in [-0.1, -0.05) is 153 Å². The van der Waals surface area contributed by atoms with E-state index in [4.69, 9.17) is 9.98 Å². The summed E-state index contributed by atoms with van der Waals surface area (Å²) in [7, 11) is 0. The Bertz CT molecular complexity index is 3480. The van der Waals surface area contributed by atoms with Crippen molar-refractivity contribution < 1.29 is 9.59 Å². The van der Waals surface area contributed by atoms with E-state index in [-0.39, 0.29) is 16.2 Å². The third-order valence-electron chi connectivity index (χ3n) is 13.0. The van der Waals surface area contributed by atoms with Crippen LogP contribution in [0.25, 0.3) is 44.3 Å². The number of H-pyrrole nitrogens is 2. The summed E-state index contributed by atoms with van der Waals surface area (Å²) in [6.07, 6.45) is 5.93. The van der Waals surface area contributed by atoms with Gasteiger partial charge < -0.3 is 9.97 Å². The maximum Gasteiger partial charge on any atom is 0.153 e. The standard InChI is InChI=1S/C58H52N4O2/c1-56(2,3)37-19-15-34(16-20-37)49-43-25-27-45(59-43)50(35-17-21-38(22-18-35)57(4,5)6)53-36(31-63)29-47(61-53)54-42(32-64)52-48(33-13-11-10-12-14-33)41-30-39(58(7,8)9)23-24-40(41)51(55(52)62-54)46-28-26-44(49)60-46/h10-32,60-61H,1-9H3. The number of fused-ring (bicyclic) bond motifs is 9. The SMILES string of the molecule is CC(C)(C)c1ccc(C2=C3C=CC(=N3)C(c3ccc(C(C)(C)C)cc3)=c3ccc([nH]3)=c3c4c(c(-c5ccccc5)c5cc(C(C)(C)C)ccc35)C(C=O)=C(N=4)c3cc(C=O)c2[nH]3)cc1. The van der Waals surface area contributed by atoms with Crippen LogP contribution in [-0.2, 0) is 21.0 Å². The lowest BCUT2D eigenvalue weighted by Crippen LogP contribution is -2.16. The number of nitrogens with one attached hydrogen (secondary N) is 2. The molecule has 7 aromatic rings. The van der Waals surface area contributed by atoms with E-state index in [2.05, 4.69) is 169 Å². The summed E-state index contributed by atoms with van der Waals surface area (Å²) in [4.78, 5) is 45.6. The summed E-state index contributed by atoms with van der Waals surface area (Å²) < 4.78 is 0. The van der Waals surface area contributed by atoms with Gasteiger partial charge in [0.1, 0.15) is 0 Å². The van der Waals surface area contributed by atoms with Crippen LogP contribution in [0.1, 0.15) is 117 Å². The molecule has 0 atom stereocenters. The van der Waals surface area contributed by atoms with Crippen LogP contribution in [0.15, 0.2) is 143 Å². The smallest absolute Gasteiger partial charge is 0.153 e. The summed E-state index contributed by atoms with van der Waals surface area (Å²) in [5.41, 5.74) is 13.8. The molecular formula is C58H52N4O2. The highest BCUT2D eigenvalue weighted by atomic mass is 16.1. The normalized spacial score (nSPS) is 14.8. The van der Waals surface area contributed by atoms with Crippen molar-refractivity contribution in [3.63, 3.8) is 0 Å². The first-order valence-electron chi connectivity index (χ1n) is 22.1. The molecule has 0 fully saturated rings. The summed E-state index contributed by atoms with van der Waals surface area (Å²) in [5.74, 6) is 0. The molecule has 0 spiro atoms. The van der Waals surface area contributed by atoms with Crippen molar-refractivity contribution >= 4 is 51.5 Å². The minimum atomic E-state index is -0.140. The zero-order valence-corrected chi connectivity index (χ0v) is 38.0. The maximum atomic E-state index is 13.8. The predicted molar refractivity (Wildman–Crippen MR) is 262 cm³/mol. The fourth-order valence-electron chi connectivity index (χ4n) is 9.46. The monoisotopic (exact) mass is 836 g/mol. The summed E-state index contributed by atoms with van der Waals surface area (Å²) in [5, 5.41) is 5.40. The fourth-order valence-corrected chi connectivity index (χ4v) is 9.46. The van der Waals surface area contributed by atoms with Gasteiger partial charge in [0.15, 0.2) is 12.6 Å². The number of aromatic nitrogens is 2. The van der Waals surface area contributed by atoms with Crippen molar-refractivity contribution in [2.45, 2.75) is 78.6 Å². The van der Waals surface area contributed by atoms with Gasteiger partial charge in [0.05, 0.1) is 39.4 Å². The van der Waals surface area contributed by atoms with Gasteiger partial charge in [-0.05, 0) is 102 Å². The van der Waals surface area contributed by atoms with E-state index in [0.29, 0.717) is 39.3 Å². The highest BCUT2D eigenvalue weighted by molar-refractivity contribution is 6.30. The Morgan fingerprint density at radius 2 is 1.12 bits per heavy atom. The van der Waals surface area contributed by atoms with Crippen molar-refractivity contribution in [3.8, 4) is 11.1 Å². The number of benzene rings is 5. The number of carbonyl (C=O) groups is 2. The molecule has 3 aliphatic rings. The largest absolute Gasteiger partial charge is 0.354 e. The van der Waals surface area contributed by atoms with E-state index in [1.54, 1.807) is 0 Å². The van der Waals surface area contributed by atoms with E-state index in [0.717, 1.165) is 83.9 Å². The van der Waals surface area contributed by atoms with E-state index in [1.807, 2.05) is 30.3 Å². The van der Waals surface area contributed by atoms with Crippen LogP contribution >= 0.6 is 0 Å². The molecule has 0 saturated carbocycles. The Morgan fingerprint density at radius 1 is 0.516 bits per heavy atom. The molecule has 8 bridgehead atoms. The molecule has 64 heavy (non-hydrogen) atoms. The molecule has 2 N–H and O–H groups in total. The Morgan fingerprint density at radius 3 is 1.73 bits per heavy atom. The van der Waals surface area contributed by atoms with Crippen LogP contribution in [0.5, 0.6) is 0 Å². The van der Waals surface area contributed by atoms with Crippen LogP contribution in [-0.4, -0.2) is 28.3 Å². The van der Waals surface area contributed by atoms with Crippen molar-refractivity contribution in [3.05, 3.63) is 205 Å². The molecule has 3 aliphatic heterocycles. The molecule has 10 rings (SSSR count). The van der Waals surface area contributed by atoms with Crippen LogP contribution in [0.3, 0.4) is 0 Å². The van der Waals surface area contributed by atoms with Gasteiger partial charge in [-0.3, -0.25) is 9.59 Å². The second kappa shape index (κ2) is 14.7. The van der Waals surface area contributed by atoms with Crippen molar-refractivity contribution in [2.75, 3.05) is 0 Å². The summed E-state index contributed by atoms with van der Waals surface area (Å²) in [6.45, 7) is 20.0. The lowest BCUT2D eigenvalue weighted by molar-refractivity contribution is -0.103. The van der Waals surface area contributed by atoms with Gasteiger partial charge >= 0.3 is 0 Å². The van der Waals surface area contributed by atoms with Crippen LogP contribution in [0, 0.1) is 10.6 Å². The molecule has 0 radical (unpaired) electrons. The number of aldehydes is 2. The van der Waals surface area contributed by atoms with Gasteiger partial charge in [0.25, 0.3) is 0 Å². The zero-order chi connectivity index (χ0) is 44.9. The average Bonchev–Trinajstić information content (AvgIpc) is 4.09. The summed E-state index contributed by atoms with van der Waals surface area (Å²) >= 11 is 0. The molecule has 2 aromatic heterocycles. The van der Waals surface area contributed by atoms with Crippen molar-refractivity contribution in [1.29, 1.82) is 0 Å². The number of aliphatic imine (C=N–C) groups is 1. The predicted octanol–water partition coefficient (Wildman–Crippen LogP) is 11.8. The van der Waals surface area contributed by atoms with E-state index in [9.17, 15) is 9.59 Å². The third kappa shape index (κ3) is 6.71. The van der Waals surface area contributed by atoms with Crippen LogP contribution in [0.4, 0.5) is 0 Å². The van der Waals surface area contributed by atoms with E-state index >= 15 is 0 Å².